The molecule has 1 aliphatic carbocycles. The molecule has 0 fully saturated rings. The number of hydrogen-bond donors (Lipinski definition) is 1. The van der Waals surface area contributed by atoms with Crippen LogP contribution in [0.25, 0.3) is 0 Å². The Morgan fingerprint density at radius 1 is 1.28 bits per heavy atom. The van der Waals surface area contributed by atoms with Crippen LogP contribution in [0.15, 0.2) is 47.1 Å². The summed E-state index contributed by atoms with van der Waals surface area (Å²) in [4.78, 5) is 12.6. The third kappa shape index (κ3) is 2.88. The Labute approximate surface area is 142 Å². The topological polar surface area (TPSA) is 76.1 Å². The van der Waals surface area contributed by atoms with Crippen molar-refractivity contribution < 1.29 is 22.7 Å². The van der Waals surface area contributed by atoms with Gasteiger partial charge in [0.25, 0.3) is 0 Å². The standard InChI is InChI=1S/C18H15F3N2O2/c1-9-6-13(24)16-14(7-9)25-17(23)11(8-22)15(16)10-4-2-3-5-12(10)18(19,20)21/h2-5,9,15H,6-7,23H2,1H3/t9-,15-/m0/s1. The molecule has 1 aliphatic heterocycles. The number of benzene rings is 1. The molecule has 0 bridgehead atoms. The molecule has 3 rings (SSSR count). The van der Waals surface area contributed by atoms with Crippen LogP contribution >= 0.6 is 0 Å². The van der Waals surface area contributed by atoms with Crippen molar-refractivity contribution >= 4 is 5.78 Å². The van der Waals surface area contributed by atoms with Crippen molar-refractivity contribution in [2.45, 2.75) is 31.9 Å². The minimum atomic E-state index is -4.62. The Kier molecular flexibility index (Phi) is 4.07. The number of nitrogens with two attached hydrogens (primary N) is 1. The number of halogens is 3. The second-order valence-corrected chi connectivity index (χ2v) is 6.28. The highest BCUT2D eigenvalue weighted by Gasteiger charge is 2.43. The molecular weight excluding hydrogens is 333 g/mol. The van der Waals surface area contributed by atoms with Crippen molar-refractivity contribution in [2.75, 3.05) is 0 Å². The fourth-order valence-corrected chi connectivity index (χ4v) is 3.41. The lowest BCUT2D eigenvalue weighted by Gasteiger charge is -2.33. The van der Waals surface area contributed by atoms with Crippen molar-refractivity contribution in [1.29, 1.82) is 5.26 Å². The van der Waals surface area contributed by atoms with Gasteiger partial charge in [-0.2, -0.15) is 18.4 Å². The molecule has 0 saturated heterocycles. The summed E-state index contributed by atoms with van der Waals surface area (Å²) >= 11 is 0. The number of ether oxygens (including phenoxy) is 1. The van der Waals surface area contributed by atoms with Crippen molar-refractivity contribution in [2.24, 2.45) is 11.7 Å². The summed E-state index contributed by atoms with van der Waals surface area (Å²) in [6.45, 7) is 1.85. The Hall–Kier alpha value is -2.75. The third-order valence-electron chi connectivity index (χ3n) is 4.44. The number of allylic oxidation sites excluding steroid dienone is 3. The molecular formula is C18H15F3N2O2. The van der Waals surface area contributed by atoms with E-state index in [1.165, 1.54) is 18.2 Å². The van der Waals surface area contributed by atoms with E-state index in [4.69, 9.17) is 10.5 Å². The largest absolute Gasteiger partial charge is 0.444 e. The van der Waals surface area contributed by atoms with Crippen LogP contribution in [0.4, 0.5) is 13.2 Å². The monoisotopic (exact) mass is 348 g/mol. The van der Waals surface area contributed by atoms with E-state index >= 15 is 0 Å². The highest BCUT2D eigenvalue weighted by atomic mass is 19.4. The van der Waals surface area contributed by atoms with E-state index < -0.39 is 17.7 Å². The lowest BCUT2D eigenvalue weighted by atomic mass is 9.74. The van der Waals surface area contributed by atoms with Gasteiger partial charge in [-0.1, -0.05) is 25.1 Å². The SMILES string of the molecule is C[C@H]1CC(=O)C2=C(C1)OC(N)=C(C#N)[C@@H]2c1ccccc1C(F)(F)F. The number of nitriles is 1. The first-order valence-electron chi connectivity index (χ1n) is 7.74. The van der Waals surface area contributed by atoms with Gasteiger partial charge >= 0.3 is 6.18 Å². The molecule has 0 amide bonds. The van der Waals surface area contributed by atoms with E-state index in [0.29, 0.717) is 6.42 Å². The van der Waals surface area contributed by atoms with Crippen molar-refractivity contribution in [1.82, 2.24) is 0 Å². The summed E-state index contributed by atoms with van der Waals surface area (Å²) in [5.74, 6) is -1.45. The van der Waals surface area contributed by atoms with Crippen LogP contribution in [-0.4, -0.2) is 5.78 Å². The lowest BCUT2D eigenvalue weighted by Crippen LogP contribution is -2.30. The summed E-state index contributed by atoms with van der Waals surface area (Å²) < 4.78 is 45.8. The number of carbonyl (C=O) groups is 1. The zero-order chi connectivity index (χ0) is 18.4. The Bertz CT molecular complexity index is 847. The number of carbonyl (C=O) groups excluding carboxylic acids is 1. The molecule has 0 saturated carbocycles. The summed E-state index contributed by atoms with van der Waals surface area (Å²) in [6.07, 6.45) is -4.02. The number of rotatable bonds is 1. The summed E-state index contributed by atoms with van der Waals surface area (Å²) in [5.41, 5.74) is 4.68. The molecule has 7 heteroatoms. The molecule has 130 valence electrons. The first-order chi connectivity index (χ1) is 11.7. The predicted molar refractivity (Wildman–Crippen MR) is 82.5 cm³/mol. The zero-order valence-corrected chi connectivity index (χ0v) is 13.4. The van der Waals surface area contributed by atoms with Gasteiger partial charge in [-0.3, -0.25) is 4.79 Å². The van der Waals surface area contributed by atoms with Gasteiger partial charge in [-0.05, 0) is 17.5 Å². The molecule has 2 atom stereocenters. The normalized spacial score (nSPS) is 23.9. The van der Waals surface area contributed by atoms with Gasteiger partial charge in [0.15, 0.2) is 5.78 Å². The first-order valence-corrected chi connectivity index (χ1v) is 7.74. The van der Waals surface area contributed by atoms with E-state index in [9.17, 15) is 23.2 Å². The maximum Gasteiger partial charge on any atom is 0.416 e. The number of ketones is 1. The average Bonchev–Trinajstić information content (AvgIpc) is 2.52. The van der Waals surface area contributed by atoms with E-state index in [2.05, 4.69) is 0 Å². The van der Waals surface area contributed by atoms with Crippen molar-refractivity contribution in [3.8, 4) is 6.07 Å². The molecule has 0 spiro atoms. The minimum Gasteiger partial charge on any atom is -0.444 e. The molecule has 0 radical (unpaired) electrons. The number of alkyl halides is 3. The summed E-state index contributed by atoms with van der Waals surface area (Å²) in [6, 6.07) is 6.75. The van der Waals surface area contributed by atoms with E-state index in [1.807, 2.05) is 13.0 Å². The lowest BCUT2D eigenvalue weighted by molar-refractivity contribution is -0.138. The van der Waals surface area contributed by atoms with Gasteiger partial charge in [0.05, 0.1) is 11.5 Å². The van der Waals surface area contributed by atoms with Gasteiger partial charge in [0.1, 0.15) is 17.4 Å². The van der Waals surface area contributed by atoms with E-state index in [0.717, 1.165) is 6.07 Å². The van der Waals surface area contributed by atoms with Crippen LogP contribution in [0.2, 0.25) is 0 Å². The van der Waals surface area contributed by atoms with Crippen LogP contribution in [0.3, 0.4) is 0 Å². The minimum absolute atomic E-state index is 0.00111. The maximum absolute atomic E-state index is 13.5. The Balaban J connectivity index is 2.26. The fraction of sp³-hybridized carbons (Fsp3) is 0.333. The number of nitrogens with zero attached hydrogens (tertiary/aromatic N) is 1. The second kappa shape index (κ2) is 5.96. The van der Waals surface area contributed by atoms with Gasteiger partial charge in [-0.25, -0.2) is 0 Å². The molecule has 0 unspecified atom stereocenters. The highest BCUT2D eigenvalue weighted by molar-refractivity contribution is 5.99. The maximum atomic E-state index is 13.5. The molecule has 2 N–H and O–H groups in total. The molecule has 2 aliphatic rings. The molecule has 4 nitrogen and oxygen atoms in total. The number of hydrogen-bond acceptors (Lipinski definition) is 4. The average molecular weight is 348 g/mol. The van der Waals surface area contributed by atoms with E-state index in [1.54, 1.807) is 0 Å². The zero-order valence-electron chi connectivity index (χ0n) is 13.4. The third-order valence-corrected chi connectivity index (χ3v) is 4.44. The molecule has 1 aromatic carbocycles. The Morgan fingerprint density at radius 2 is 1.96 bits per heavy atom. The summed E-state index contributed by atoms with van der Waals surface area (Å²) in [7, 11) is 0. The van der Waals surface area contributed by atoms with Crippen LogP contribution in [-0.2, 0) is 15.7 Å². The van der Waals surface area contributed by atoms with Crippen LogP contribution < -0.4 is 5.73 Å². The smallest absolute Gasteiger partial charge is 0.416 e. The quantitative estimate of drug-likeness (QED) is 0.838. The Morgan fingerprint density at radius 3 is 2.60 bits per heavy atom. The van der Waals surface area contributed by atoms with Gasteiger partial charge in [-0.15, -0.1) is 0 Å². The predicted octanol–water partition coefficient (Wildman–Crippen LogP) is 3.77. The van der Waals surface area contributed by atoms with Crippen LogP contribution in [0.1, 0.15) is 36.8 Å². The second-order valence-electron chi connectivity index (χ2n) is 6.28. The van der Waals surface area contributed by atoms with Gasteiger partial charge in [0.2, 0.25) is 5.88 Å². The number of Topliss-reactive ketones (excluding diaryl/α,β-unsaturated/α-hetero) is 1. The molecule has 1 heterocycles. The van der Waals surface area contributed by atoms with Crippen LogP contribution in [0, 0.1) is 17.2 Å². The fourth-order valence-electron chi connectivity index (χ4n) is 3.41. The van der Waals surface area contributed by atoms with Crippen molar-refractivity contribution in [3.63, 3.8) is 0 Å². The van der Waals surface area contributed by atoms with Crippen molar-refractivity contribution in [3.05, 3.63) is 58.2 Å². The summed E-state index contributed by atoms with van der Waals surface area (Å²) in [5, 5.41) is 9.43. The first kappa shape index (κ1) is 17.1. The van der Waals surface area contributed by atoms with Crippen LogP contribution in [0.5, 0.6) is 0 Å². The molecule has 25 heavy (non-hydrogen) atoms. The van der Waals surface area contributed by atoms with Gasteiger partial charge < -0.3 is 10.5 Å². The van der Waals surface area contributed by atoms with E-state index in [-0.39, 0.29) is 46.5 Å². The highest BCUT2D eigenvalue weighted by Crippen LogP contribution is 2.47. The van der Waals surface area contributed by atoms with Gasteiger partial charge in [0, 0.05) is 18.4 Å². The molecule has 0 aromatic heterocycles. The molecule has 1 aromatic rings.